The van der Waals surface area contributed by atoms with Gasteiger partial charge < -0.3 is 10.2 Å². The number of carbonyl (C=O) groups excluding carboxylic acids is 1. The summed E-state index contributed by atoms with van der Waals surface area (Å²) in [5.74, 6) is 1.20. The summed E-state index contributed by atoms with van der Waals surface area (Å²) >= 11 is 0. The van der Waals surface area contributed by atoms with E-state index in [-0.39, 0.29) is 6.04 Å². The summed E-state index contributed by atoms with van der Waals surface area (Å²) in [5, 5.41) is 3.23. The SMILES string of the molecule is CNCCC1CCN(C(C)C(=O)N2CCCC2)CC1. The van der Waals surface area contributed by atoms with Gasteiger partial charge in [0.15, 0.2) is 0 Å². The summed E-state index contributed by atoms with van der Waals surface area (Å²) < 4.78 is 0. The van der Waals surface area contributed by atoms with Gasteiger partial charge in [-0.15, -0.1) is 0 Å². The first-order valence-corrected chi connectivity index (χ1v) is 7.90. The van der Waals surface area contributed by atoms with Crippen LogP contribution in [0.2, 0.25) is 0 Å². The van der Waals surface area contributed by atoms with Crippen LogP contribution in [-0.2, 0) is 4.79 Å². The van der Waals surface area contributed by atoms with Gasteiger partial charge in [-0.1, -0.05) is 0 Å². The summed E-state index contributed by atoms with van der Waals surface area (Å²) in [4.78, 5) is 16.8. The Morgan fingerprint density at radius 3 is 2.42 bits per heavy atom. The molecule has 0 aromatic carbocycles. The maximum absolute atomic E-state index is 12.4. The Kier molecular flexibility index (Phi) is 5.64. The molecule has 110 valence electrons. The molecule has 0 saturated carbocycles. The van der Waals surface area contributed by atoms with Crippen molar-refractivity contribution in [3.8, 4) is 0 Å². The number of nitrogens with zero attached hydrogens (tertiary/aromatic N) is 2. The Bertz CT molecular complexity index is 281. The Balaban J connectivity index is 1.75. The largest absolute Gasteiger partial charge is 0.341 e. The number of likely N-dealkylation sites (tertiary alicyclic amines) is 2. The van der Waals surface area contributed by atoms with Gasteiger partial charge in [-0.2, -0.15) is 0 Å². The summed E-state index contributed by atoms with van der Waals surface area (Å²) in [5.41, 5.74) is 0. The molecule has 0 bridgehead atoms. The van der Waals surface area contributed by atoms with Crippen molar-refractivity contribution < 1.29 is 4.79 Å². The second-order valence-electron chi connectivity index (χ2n) is 6.08. The Labute approximate surface area is 117 Å². The molecule has 2 aliphatic heterocycles. The third-order valence-electron chi connectivity index (χ3n) is 4.77. The second kappa shape index (κ2) is 7.25. The number of rotatable bonds is 5. The van der Waals surface area contributed by atoms with Crippen molar-refractivity contribution in [1.29, 1.82) is 0 Å². The third kappa shape index (κ3) is 3.93. The summed E-state index contributed by atoms with van der Waals surface area (Å²) in [6, 6.07) is 0.0864. The van der Waals surface area contributed by atoms with Crippen LogP contribution in [-0.4, -0.2) is 61.5 Å². The van der Waals surface area contributed by atoms with Crippen molar-refractivity contribution in [2.75, 3.05) is 39.8 Å². The fourth-order valence-corrected chi connectivity index (χ4v) is 3.34. The van der Waals surface area contributed by atoms with E-state index >= 15 is 0 Å². The van der Waals surface area contributed by atoms with Gasteiger partial charge in [-0.25, -0.2) is 0 Å². The summed E-state index contributed by atoms with van der Waals surface area (Å²) in [6.07, 6.45) is 6.15. The molecule has 2 fully saturated rings. The first-order chi connectivity index (χ1) is 9.22. The molecule has 19 heavy (non-hydrogen) atoms. The Morgan fingerprint density at radius 2 is 1.84 bits per heavy atom. The molecule has 2 heterocycles. The van der Waals surface area contributed by atoms with Crippen LogP contribution in [0.1, 0.15) is 39.0 Å². The Hall–Kier alpha value is -0.610. The molecular formula is C15H29N3O. The van der Waals surface area contributed by atoms with Crippen LogP contribution >= 0.6 is 0 Å². The number of amides is 1. The minimum atomic E-state index is 0.0864. The molecule has 0 aromatic heterocycles. The first-order valence-electron chi connectivity index (χ1n) is 7.90. The van der Waals surface area contributed by atoms with Gasteiger partial charge in [0.05, 0.1) is 6.04 Å². The topological polar surface area (TPSA) is 35.6 Å². The molecule has 2 rings (SSSR count). The van der Waals surface area contributed by atoms with E-state index in [0.29, 0.717) is 5.91 Å². The van der Waals surface area contributed by atoms with Gasteiger partial charge in [0.1, 0.15) is 0 Å². The average molecular weight is 267 g/mol. The van der Waals surface area contributed by atoms with E-state index in [1.807, 2.05) is 7.05 Å². The van der Waals surface area contributed by atoms with E-state index in [4.69, 9.17) is 0 Å². The molecule has 0 radical (unpaired) electrons. The molecule has 0 aliphatic carbocycles. The highest BCUT2D eigenvalue weighted by atomic mass is 16.2. The summed E-state index contributed by atoms with van der Waals surface area (Å²) in [6.45, 7) is 7.34. The lowest BCUT2D eigenvalue weighted by Crippen LogP contribution is -2.49. The maximum Gasteiger partial charge on any atom is 0.239 e. The minimum absolute atomic E-state index is 0.0864. The molecule has 2 saturated heterocycles. The van der Waals surface area contributed by atoms with Crippen LogP contribution in [0, 0.1) is 5.92 Å². The zero-order chi connectivity index (χ0) is 13.7. The number of nitrogens with one attached hydrogen (secondary N) is 1. The van der Waals surface area contributed by atoms with Gasteiger partial charge in [-0.3, -0.25) is 9.69 Å². The van der Waals surface area contributed by atoms with Crippen molar-refractivity contribution >= 4 is 5.91 Å². The molecule has 2 aliphatic rings. The average Bonchev–Trinajstić information content (AvgIpc) is 2.98. The maximum atomic E-state index is 12.4. The molecule has 1 unspecified atom stereocenters. The molecule has 1 atom stereocenters. The lowest BCUT2D eigenvalue weighted by atomic mass is 9.92. The smallest absolute Gasteiger partial charge is 0.239 e. The van der Waals surface area contributed by atoms with Crippen LogP contribution in [0.15, 0.2) is 0 Å². The summed E-state index contributed by atoms with van der Waals surface area (Å²) in [7, 11) is 2.02. The van der Waals surface area contributed by atoms with Crippen LogP contribution in [0.4, 0.5) is 0 Å². The van der Waals surface area contributed by atoms with E-state index in [2.05, 4.69) is 22.0 Å². The van der Waals surface area contributed by atoms with E-state index < -0.39 is 0 Å². The molecule has 4 heteroatoms. The fraction of sp³-hybridized carbons (Fsp3) is 0.933. The lowest BCUT2D eigenvalue weighted by molar-refractivity contribution is -0.135. The normalized spacial score (nSPS) is 23.8. The van der Waals surface area contributed by atoms with Crippen molar-refractivity contribution in [2.24, 2.45) is 5.92 Å². The van der Waals surface area contributed by atoms with Gasteiger partial charge in [0.25, 0.3) is 0 Å². The van der Waals surface area contributed by atoms with Crippen molar-refractivity contribution in [2.45, 2.75) is 45.1 Å². The van der Waals surface area contributed by atoms with Crippen LogP contribution < -0.4 is 5.32 Å². The number of piperidine rings is 1. The molecule has 0 aromatic rings. The quantitative estimate of drug-likeness (QED) is 0.816. The zero-order valence-corrected chi connectivity index (χ0v) is 12.5. The number of carbonyl (C=O) groups is 1. The van der Waals surface area contributed by atoms with Crippen molar-refractivity contribution in [1.82, 2.24) is 15.1 Å². The predicted molar refractivity (Wildman–Crippen MR) is 78.1 cm³/mol. The van der Waals surface area contributed by atoms with Gasteiger partial charge in [0, 0.05) is 13.1 Å². The van der Waals surface area contributed by atoms with Crippen molar-refractivity contribution in [3.63, 3.8) is 0 Å². The number of hydrogen-bond acceptors (Lipinski definition) is 3. The fourth-order valence-electron chi connectivity index (χ4n) is 3.34. The van der Waals surface area contributed by atoms with Crippen molar-refractivity contribution in [3.05, 3.63) is 0 Å². The van der Waals surface area contributed by atoms with Crippen LogP contribution in [0.25, 0.3) is 0 Å². The minimum Gasteiger partial charge on any atom is -0.341 e. The van der Waals surface area contributed by atoms with E-state index in [1.165, 1.54) is 32.1 Å². The predicted octanol–water partition coefficient (Wildman–Crippen LogP) is 1.32. The highest BCUT2D eigenvalue weighted by Gasteiger charge is 2.30. The highest BCUT2D eigenvalue weighted by Crippen LogP contribution is 2.22. The monoisotopic (exact) mass is 267 g/mol. The molecular weight excluding hydrogens is 238 g/mol. The van der Waals surface area contributed by atoms with Gasteiger partial charge in [-0.05, 0) is 71.6 Å². The van der Waals surface area contributed by atoms with E-state index in [1.54, 1.807) is 0 Å². The van der Waals surface area contributed by atoms with Gasteiger partial charge in [0.2, 0.25) is 5.91 Å². The van der Waals surface area contributed by atoms with E-state index in [9.17, 15) is 4.79 Å². The Morgan fingerprint density at radius 1 is 1.21 bits per heavy atom. The highest BCUT2D eigenvalue weighted by molar-refractivity contribution is 5.81. The standard InChI is InChI=1S/C15H29N3O/c1-13(15(19)18-9-3-4-10-18)17-11-6-14(7-12-17)5-8-16-2/h13-14,16H,3-12H2,1-2H3. The molecule has 1 amide bonds. The lowest BCUT2D eigenvalue weighted by Gasteiger charge is -2.36. The van der Waals surface area contributed by atoms with Crippen LogP contribution in [0.5, 0.6) is 0 Å². The molecule has 0 spiro atoms. The zero-order valence-electron chi connectivity index (χ0n) is 12.5. The molecule has 1 N–H and O–H groups in total. The third-order valence-corrected chi connectivity index (χ3v) is 4.77. The second-order valence-corrected chi connectivity index (χ2v) is 6.08. The van der Waals surface area contributed by atoms with Crippen LogP contribution in [0.3, 0.4) is 0 Å². The first kappa shape index (κ1) is 14.8. The van der Waals surface area contributed by atoms with Gasteiger partial charge >= 0.3 is 0 Å². The molecule has 4 nitrogen and oxygen atoms in total. The number of hydrogen-bond donors (Lipinski definition) is 1. The van der Waals surface area contributed by atoms with E-state index in [0.717, 1.165) is 38.6 Å².